The van der Waals surface area contributed by atoms with E-state index in [2.05, 4.69) is 0 Å². The smallest absolute Gasteiger partial charge is 0.411 e. The van der Waals surface area contributed by atoms with E-state index in [1.807, 2.05) is 0 Å². The Balaban J connectivity index is 2.83. The Morgan fingerprint density at radius 3 is 2.50 bits per heavy atom. The van der Waals surface area contributed by atoms with E-state index in [0.29, 0.717) is 6.54 Å². The van der Waals surface area contributed by atoms with Crippen LogP contribution < -0.4 is 0 Å². The second kappa shape index (κ2) is 5.00. The van der Waals surface area contributed by atoms with Crippen LogP contribution in [0.15, 0.2) is 12.2 Å². The molecule has 1 amide bonds. The second-order valence-corrected chi connectivity index (χ2v) is 5.36. The third-order valence-electron chi connectivity index (χ3n) is 2.59. The van der Waals surface area contributed by atoms with E-state index in [1.54, 1.807) is 46.8 Å². The third kappa shape index (κ3) is 3.03. The molecule has 1 rings (SSSR count). The van der Waals surface area contributed by atoms with Gasteiger partial charge in [0.25, 0.3) is 0 Å². The Labute approximate surface area is 108 Å². The molecule has 0 aromatic heterocycles. The summed E-state index contributed by atoms with van der Waals surface area (Å²) in [5, 5.41) is 0. The number of nitrogens with zero attached hydrogens (tertiary/aromatic N) is 1. The summed E-state index contributed by atoms with van der Waals surface area (Å²) in [6.07, 6.45) is 2.93. The molecule has 0 aliphatic carbocycles. The lowest BCUT2D eigenvalue weighted by Crippen LogP contribution is -2.53. The van der Waals surface area contributed by atoms with Crippen molar-refractivity contribution in [2.24, 2.45) is 0 Å². The van der Waals surface area contributed by atoms with Gasteiger partial charge >= 0.3 is 12.1 Å². The normalized spacial score (nSPS) is 23.1. The fraction of sp³-hybridized carbons (Fsp3) is 0.692. The van der Waals surface area contributed by atoms with E-state index in [0.717, 1.165) is 0 Å². The monoisotopic (exact) mass is 255 g/mol. The van der Waals surface area contributed by atoms with Crippen molar-refractivity contribution in [3.63, 3.8) is 0 Å². The zero-order chi connectivity index (χ0) is 14.0. The Morgan fingerprint density at radius 1 is 1.39 bits per heavy atom. The Morgan fingerprint density at radius 2 is 2.00 bits per heavy atom. The molecular formula is C13H21NO4. The number of hydrogen-bond donors (Lipinski definition) is 0. The molecule has 0 saturated heterocycles. The Bertz CT molecular complexity index is 370. The molecule has 0 radical (unpaired) electrons. The standard InChI is InChI=1S/C13H21NO4/c1-6-17-10(15)13(5)8-7-9-14(13)11(16)18-12(2,3)4/h7-8H,6,9H2,1-5H3. The molecule has 1 aliphatic rings. The molecule has 1 unspecified atom stereocenters. The summed E-state index contributed by atoms with van der Waals surface area (Å²) >= 11 is 0. The highest BCUT2D eigenvalue weighted by atomic mass is 16.6. The number of ether oxygens (including phenoxy) is 2. The quantitative estimate of drug-likeness (QED) is 0.560. The molecule has 1 atom stereocenters. The van der Waals surface area contributed by atoms with Gasteiger partial charge in [-0.15, -0.1) is 0 Å². The van der Waals surface area contributed by atoms with Crippen LogP contribution >= 0.6 is 0 Å². The maximum Gasteiger partial charge on any atom is 0.411 e. The van der Waals surface area contributed by atoms with Gasteiger partial charge in [0.15, 0.2) is 5.54 Å². The van der Waals surface area contributed by atoms with Gasteiger partial charge in [0, 0.05) is 6.54 Å². The van der Waals surface area contributed by atoms with E-state index >= 15 is 0 Å². The zero-order valence-corrected chi connectivity index (χ0v) is 11.6. The van der Waals surface area contributed by atoms with E-state index in [1.165, 1.54) is 4.90 Å². The SMILES string of the molecule is CCOC(=O)C1(C)C=CCN1C(=O)OC(C)(C)C. The first kappa shape index (κ1) is 14.5. The van der Waals surface area contributed by atoms with Gasteiger partial charge in [-0.2, -0.15) is 0 Å². The molecule has 0 aromatic rings. The van der Waals surface area contributed by atoms with Crippen LogP contribution in [-0.4, -0.2) is 41.3 Å². The van der Waals surface area contributed by atoms with Crippen molar-refractivity contribution < 1.29 is 19.1 Å². The van der Waals surface area contributed by atoms with Crippen LogP contribution in [0.25, 0.3) is 0 Å². The number of carbonyl (C=O) groups is 2. The molecule has 102 valence electrons. The van der Waals surface area contributed by atoms with Gasteiger partial charge in [-0.1, -0.05) is 12.2 Å². The van der Waals surface area contributed by atoms with E-state index in [4.69, 9.17) is 9.47 Å². The highest BCUT2D eigenvalue weighted by molar-refractivity contribution is 5.88. The summed E-state index contributed by atoms with van der Waals surface area (Å²) < 4.78 is 10.3. The van der Waals surface area contributed by atoms with E-state index in [-0.39, 0.29) is 6.61 Å². The summed E-state index contributed by atoms with van der Waals surface area (Å²) in [5.74, 6) is -0.440. The van der Waals surface area contributed by atoms with Gasteiger partial charge in [-0.25, -0.2) is 9.59 Å². The van der Waals surface area contributed by atoms with Crippen LogP contribution in [-0.2, 0) is 14.3 Å². The van der Waals surface area contributed by atoms with Crippen molar-refractivity contribution in [2.45, 2.75) is 45.8 Å². The number of carbonyl (C=O) groups excluding carboxylic acids is 2. The van der Waals surface area contributed by atoms with Crippen LogP contribution in [0.3, 0.4) is 0 Å². The lowest BCUT2D eigenvalue weighted by molar-refractivity contribution is -0.152. The number of amides is 1. The van der Waals surface area contributed by atoms with Gasteiger partial charge in [0.2, 0.25) is 0 Å². The van der Waals surface area contributed by atoms with E-state index in [9.17, 15) is 9.59 Å². The maximum absolute atomic E-state index is 12.0. The Hall–Kier alpha value is -1.52. The van der Waals surface area contributed by atoms with Crippen LogP contribution in [0.2, 0.25) is 0 Å². The summed E-state index contributed by atoms with van der Waals surface area (Å²) in [4.78, 5) is 25.3. The van der Waals surface area contributed by atoms with Crippen molar-refractivity contribution in [2.75, 3.05) is 13.2 Å². The summed E-state index contributed by atoms with van der Waals surface area (Å²) in [5.41, 5.74) is -1.66. The molecule has 0 bridgehead atoms. The van der Waals surface area contributed by atoms with Crippen molar-refractivity contribution in [3.8, 4) is 0 Å². The highest BCUT2D eigenvalue weighted by Gasteiger charge is 2.45. The van der Waals surface area contributed by atoms with Crippen molar-refractivity contribution in [1.82, 2.24) is 4.90 Å². The van der Waals surface area contributed by atoms with Crippen molar-refractivity contribution >= 4 is 12.1 Å². The predicted molar refractivity (Wildman–Crippen MR) is 67.1 cm³/mol. The molecule has 1 aliphatic heterocycles. The fourth-order valence-corrected chi connectivity index (χ4v) is 1.70. The molecule has 1 heterocycles. The van der Waals surface area contributed by atoms with Gasteiger partial charge in [0.1, 0.15) is 5.60 Å². The van der Waals surface area contributed by atoms with Crippen LogP contribution in [0.4, 0.5) is 4.79 Å². The summed E-state index contributed by atoms with van der Waals surface area (Å²) in [6, 6.07) is 0. The zero-order valence-electron chi connectivity index (χ0n) is 11.6. The van der Waals surface area contributed by atoms with Gasteiger partial charge < -0.3 is 9.47 Å². The van der Waals surface area contributed by atoms with Crippen molar-refractivity contribution in [1.29, 1.82) is 0 Å². The average molecular weight is 255 g/mol. The molecule has 0 spiro atoms. The second-order valence-electron chi connectivity index (χ2n) is 5.36. The molecular weight excluding hydrogens is 234 g/mol. The number of hydrogen-bond acceptors (Lipinski definition) is 4. The first-order valence-electron chi connectivity index (χ1n) is 6.06. The van der Waals surface area contributed by atoms with Gasteiger partial charge in [-0.05, 0) is 34.6 Å². The van der Waals surface area contributed by atoms with Crippen molar-refractivity contribution in [3.05, 3.63) is 12.2 Å². The maximum atomic E-state index is 12.0. The molecule has 0 N–H and O–H groups in total. The van der Waals surface area contributed by atoms with Gasteiger partial charge in [0.05, 0.1) is 6.61 Å². The van der Waals surface area contributed by atoms with Crippen LogP contribution in [0, 0.1) is 0 Å². The van der Waals surface area contributed by atoms with Crippen LogP contribution in [0.5, 0.6) is 0 Å². The first-order chi connectivity index (χ1) is 8.20. The molecule has 0 saturated carbocycles. The molecule has 5 nitrogen and oxygen atoms in total. The van der Waals surface area contributed by atoms with Crippen LogP contribution in [0.1, 0.15) is 34.6 Å². The molecule has 0 aromatic carbocycles. The molecule has 0 fully saturated rings. The predicted octanol–water partition coefficient (Wildman–Crippen LogP) is 2.12. The van der Waals surface area contributed by atoms with Gasteiger partial charge in [-0.3, -0.25) is 4.90 Å². The van der Waals surface area contributed by atoms with E-state index < -0.39 is 23.2 Å². The average Bonchev–Trinajstić information content (AvgIpc) is 2.59. The highest BCUT2D eigenvalue weighted by Crippen LogP contribution is 2.26. The third-order valence-corrected chi connectivity index (χ3v) is 2.59. The lowest BCUT2D eigenvalue weighted by Gasteiger charge is -2.33. The molecule has 5 heteroatoms. The minimum atomic E-state index is -1.07. The Kier molecular flexibility index (Phi) is 4.04. The summed E-state index contributed by atoms with van der Waals surface area (Å²) in [6.45, 7) is 9.38. The summed E-state index contributed by atoms with van der Waals surface area (Å²) in [7, 11) is 0. The molecule has 18 heavy (non-hydrogen) atoms. The lowest BCUT2D eigenvalue weighted by atomic mass is 10.0. The number of esters is 1. The minimum absolute atomic E-state index is 0.282. The minimum Gasteiger partial charge on any atom is -0.464 e. The fourth-order valence-electron chi connectivity index (χ4n) is 1.70. The number of rotatable bonds is 2. The first-order valence-corrected chi connectivity index (χ1v) is 6.06. The largest absolute Gasteiger partial charge is 0.464 e. The topological polar surface area (TPSA) is 55.8 Å².